The van der Waals surface area contributed by atoms with E-state index in [4.69, 9.17) is 4.74 Å². The zero-order valence-electron chi connectivity index (χ0n) is 22.1. The van der Waals surface area contributed by atoms with Crippen molar-refractivity contribution in [3.05, 3.63) is 0 Å². The fraction of sp³-hybridized carbons (Fsp3) is 0.926. The predicted octanol–water partition coefficient (Wildman–Crippen LogP) is 4.76. The first-order chi connectivity index (χ1) is 15.6. The van der Waals surface area contributed by atoms with Crippen LogP contribution in [0.4, 0.5) is 0 Å². The van der Waals surface area contributed by atoms with Crippen LogP contribution in [-0.4, -0.2) is 61.4 Å². The second-order valence-corrected chi connectivity index (χ2v) is 10.8. The summed E-state index contributed by atoms with van der Waals surface area (Å²) < 4.78 is 5.78. The number of hydrogen-bond acceptors (Lipinski definition) is 5. The molecule has 0 radical (unpaired) electrons. The van der Waals surface area contributed by atoms with Crippen LogP contribution in [0.5, 0.6) is 0 Å². The van der Waals surface area contributed by atoms with Crippen LogP contribution in [0.3, 0.4) is 0 Å². The number of unbranched alkanes of at least 4 members (excludes halogenated alkanes) is 14. The first-order valence-corrected chi connectivity index (χ1v) is 13.5. The van der Waals surface area contributed by atoms with Gasteiger partial charge < -0.3 is 24.2 Å². The van der Waals surface area contributed by atoms with Crippen molar-refractivity contribution in [3.63, 3.8) is 0 Å². The zero-order valence-corrected chi connectivity index (χ0v) is 22.1. The van der Waals surface area contributed by atoms with Crippen molar-refractivity contribution in [3.8, 4) is 0 Å². The number of carbonyl (C=O) groups is 2. The Morgan fingerprint density at radius 2 is 1.18 bits per heavy atom. The Morgan fingerprint density at radius 1 is 0.758 bits per heavy atom. The second kappa shape index (κ2) is 20.3. The van der Waals surface area contributed by atoms with E-state index in [1.54, 1.807) is 0 Å². The topological polar surface area (TPSA) is 86.7 Å². The molecule has 0 aliphatic rings. The maximum atomic E-state index is 12.1. The third kappa shape index (κ3) is 23.8. The smallest absolute Gasteiger partial charge is 0.308 e. The quantitative estimate of drug-likeness (QED) is 0.132. The van der Waals surface area contributed by atoms with Gasteiger partial charge in [0.15, 0.2) is 6.10 Å². The molecule has 1 N–H and O–H groups in total. The molecular formula is C27H53NO5. The summed E-state index contributed by atoms with van der Waals surface area (Å²) in [5.41, 5.74) is 0. The predicted molar refractivity (Wildman–Crippen MR) is 133 cm³/mol. The average Bonchev–Trinajstić information content (AvgIpc) is 2.68. The van der Waals surface area contributed by atoms with E-state index in [2.05, 4.69) is 6.92 Å². The molecule has 2 unspecified atom stereocenters. The number of ether oxygens (including phenoxy) is 1. The van der Waals surface area contributed by atoms with Crippen LogP contribution in [0.2, 0.25) is 0 Å². The summed E-state index contributed by atoms with van der Waals surface area (Å²) in [6, 6.07) is 0. The van der Waals surface area contributed by atoms with E-state index in [-0.39, 0.29) is 12.8 Å². The fourth-order valence-electron chi connectivity index (χ4n) is 4.22. The number of carboxylic acid groups (broad SMARTS) is 1. The van der Waals surface area contributed by atoms with Crippen molar-refractivity contribution in [1.82, 2.24) is 0 Å². The highest BCUT2D eigenvalue weighted by Crippen LogP contribution is 2.15. The van der Waals surface area contributed by atoms with Crippen LogP contribution in [0.15, 0.2) is 0 Å². The Balaban J connectivity index is 3.66. The minimum Gasteiger partial charge on any atom is -0.550 e. The van der Waals surface area contributed by atoms with Gasteiger partial charge in [0.05, 0.1) is 33.7 Å². The monoisotopic (exact) mass is 471 g/mol. The summed E-state index contributed by atoms with van der Waals surface area (Å²) in [5.74, 6) is -1.78. The van der Waals surface area contributed by atoms with Gasteiger partial charge in [-0.15, -0.1) is 0 Å². The SMILES string of the molecule is CCCCCCCCCCCCCCCCCC(O)CC(=O)OC(CC(=O)[O-])C[N+](C)(C)C. The summed E-state index contributed by atoms with van der Waals surface area (Å²) in [6.45, 7) is 2.64. The van der Waals surface area contributed by atoms with E-state index in [1.165, 1.54) is 83.5 Å². The Labute approximate surface area is 203 Å². The number of carboxylic acids is 1. The van der Waals surface area contributed by atoms with Gasteiger partial charge in [0.25, 0.3) is 0 Å². The van der Waals surface area contributed by atoms with E-state index in [0.29, 0.717) is 17.4 Å². The number of rotatable bonds is 23. The molecule has 0 heterocycles. The van der Waals surface area contributed by atoms with Crippen molar-refractivity contribution in [1.29, 1.82) is 0 Å². The summed E-state index contributed by atoms with van der Waals surface area (Å²) >= 11 is 0. The number of carbonyl (C=O) groups excluding carboxylic acids is 2. The van der Waals surface area contributed by atoms with E-state index in [9.17, 15) is 19.8 Å². The van der Waals surface area contributed by atoms with Gasteiger partial charge in [0, 0.05) is 12.4 Å². The molecule has 33 heavy (non-hydrogen) atoms. The van der Waals surface area contributed by atoms with Gasteiger partial charge in [-0.3, -0.25) is 4.79 Å². The zero-order chi connectivity index (χ0) is 25.0. The Kier molecular flexibility index (Phi) is 19.6. The van der Waals surface area contributed by atoms with Crippen LogP contribution in [0.25, 0.3) is 0 Å². The molecule has 0 spiro atoms. The van der Waals surface area contributed by atoms with Crippen molar-refractivity contribution < 1.29 is 29.0 Å². The van der Waals surface area contributed by atoms with Gasteiger partial charge in [-0.2, -0.15) is 0 Å². The Hall–Kier alpha value is -1.14. The maximum Gasteiger partial charge on any atom is 0.308 e. The van der Waals surface area contributed by atoms with E-state index >= 15 is 0 Å². The maximum absolute atomic E-state index is 12.1. The highest BCUT2D eigenvalue weighted by Gasteiger charge is 2.23. The molecule has 0 saturated heterocycles. The first-order valence-electron chi connectivity index (χ1n) is 13.5. The van der Waals surface area contributed by atoms with Gasteiger partial charge in [-0.1, -0.05) is 103 Å². The number of esters is 1. The molecule has 0 fully saturated rings. The highest BCUT2D eigenvalue weighted by molar-refractivity contribution is 5.71. The second-order valence-electron chi connectivity index (χ2n) is 10.8. The standard InChI is InChI=1S/C27H53NO5/c1-5-6-7-8-9-10-11-12-13-14-15-16-17-18-19-20-24(29)21-27(32)33-25(22-26(30)31)23-28(2,3)4/h24-25,29H,5-23H2,1-4H3. The summed E-state index contributed by atoms with van der Waals surface area (Å²) in [4.78, 5) is 23.0. The molecule has 0 aliphatic carbocycles. The fourth-order valence-corrected chi connectivity index (χ4v) is 4.22. The third-order valence-corrected chi connectivity index (χ3v) is 5.99. The van der Waals surface area contributed by atoms with Crippen LogP contribution in [-0.2, 0) is 14.3 Å². The summed E-state index contributed by atoms with van der Waals surface area (Å²) in [7, 11) is 5.71. The molecule has 6 nitrogen and oxygen atoms in total. The van der Waals surface area contributed by atoms with E-state index < -0.39 is 24.1 Å². The molecule has 196 valence electrons. The lowest BCUT2D eigenvalue weighted by Gasteiger charge is -2.29. The molecule has 0 saturated carbocycles. The molecule has 0 bridgehead atoms. The molecule has 0 aromatic heterocycles. The normalized spacial score (nSPS) is 13.6. The van der Waals surface area contributed by atoms with Gasteiger partial charge >= 0.3 is 5.97 Å². The number of aliphatic carboxylic acids is 1. The molecule has 0 aromatic rings. The number of aliphatic hydroxyl groups is 1. The summed E-state index contributed by atoms with van der Waals surface area (Å²) in [6.07, 6.45) is 18.1. The van der Waals surface area contributed by atoms with E-state index in [1.807, 2.05) is 21.1 Å². The average molecular weight is 472 g/mol. The highest BCUT2D eigenvalue weighted by atomic mass is 16.5. The lowest BCUT2D eigenvalue weighted by molar-refractivity contribution is -0.873. The molecular weight excluding hydrogens is 418 g/mol. The number of likely N-dealkylation sites (N-methyl/N-ethyl adjacent to an activating group) is 1. The van der Waals surface area contributed by atoms with Crippen molar-refractivity contribution in [2.45, 2.75) is 135 Å². The van der Waals surface area contributed by atoms with Crippen molar-refractivity contribution in [2.75, 3.05) is 27.7 Å². The Bertz CT molecular complexity index is 489. The van der Waals surface area contributed by atoms with E-state index in [0.717, 1.165) is 12.8 Å². The number of nitrogens with zero attached hydrogens (tertiary/aromatic N) is 1. The molecule has 2 atom stereocenters. The molecule has 6 heteroatoms. The largest absolute Gasteiger partial charge is 0.550 e. The number of aliphatic hydroxyl groups excluding tert-OH is 1. The molecule has 0 amide bonds. The minimum absolute atomic E-state index is 0.0840. The number of quaternary nitrogens is 1. The van der Waals surface area contributed by atoms with Crippen LogP contribution < -0.4 is 5.11 Å². The van der Waals surface area contributed by atoms with Gasteiger partial charge in [-0.25, -0.2) is 0 Å². The molecule has 0 aromatic carbocycles. The van der Waals surface area contributed by atoms with Crippen LogP contribution >= 0.6 is 0 Å². The van der Waals surface area contributed by atoms with Crippen LogP contribution in [0.1, 0.15) is 122 Å². The molecule has 0 aliphatic heterocycles. The van der Waals surface area contributed by atoms with Gasteiger partial charge in [0.1, 0.15) is 6.54 Å². The van der Waals surface area contributed by atoms with Crippen molar-refractivity contribution in [2.24, 2.45) is 0 Å². The van der Waals surface area contributed by atoms with Gasteiger partial charge in [-0.05, 0) is 6.42 Å². The van der Waals surface area contributed by atoms with Crippen molar-refractivity contribution >= 4 is 11.9 Å². The summed E-state index contributed by atoms with van der Waals surface area (Å²) in [5, 5.41) is 21.0. The van der Waals surface area contributed by atoms with Gasteiger partial charge in [0.2, 0.25) is 0 Å². The number of hydrogen-bond donors (Lipinski definition) is 1. The molecule has 0 rings (SSSR count). The first kappa shape index (κ1) is 31.9. The van der Waals surface area contributed by atoms with Crippen LogP contribution in [0, 0.1) is 0 Å². The lowest BCUT2D eigenvalue weighted by atomic mass is 10.0. The minimum atomic E-state index is -1.24. The third-order valence-electron chi connectivity index (χ3n) is 5.99. The Morgan fingerprint density at radius 3 is 1.58 bits per heavy atom. The lowest BCUT2D eigenvalue weighted by Crippen LogP contribution is -2.45.